The van der Waals surface area contributed by atoms with Crippen LogP contribution in [-0.4, -0.2) is 52.9 Å². The summed E-state index contributed by atoms with van der Waals surface area (Å²) in [6, 6.07) is 3.79. The van der Waals surface area contributed by atoms with Gasteiger partial charge >= 0.3 is 5.97 Å². The molecule has 1 aromatic carbocycles. The lowest BCUT2D eigenvalue weighted by Crippen LogP contribution is -2.43. The first-order valence-corrected chi connectivity index (χ1v) is 9.18. The van der Waals surface area contributed by atoms with Gasteiger partial charge in [0.05, 0.1) is 25.0 Å². The highest BCUT2D eigenvalue weighted by Gasteiger charge is 2.53. The molecule has 0 radical (unpaired) electrons. The Balaban J connectivity index is 1.74. The first kappa shape index (κ1) is 17.9. The summed E-state index contributed by atoms with van der Waals surface area (Å²) in [5.74, 6) is 0.214. The molecule has 7 heteroatoms. The number of aliphatic hydroxyl groups excluding tert-OH is 1. The van der Waals surface area contributed by atoms with E-state index in [1.54, 1.807) is 18.1 Å². The van der Waals surface area contributed by atoms with Gasteiger partial charge in [-0.15, -0.1) is 0 Å². The summed E-state index contributed by atoms with van der Waals surface area (Å²) in [6.45, 7) is 0.925. The molecule has 4 rings (SSSR count). The summed E-state index contributed by atoms with van der Waals surface area (Å²) in [7, 11) is 1.60. The largest absolute Gasteiger partial charge is 0.493 e. The predicted octanol–water partition coefficient (Wildman–Crippen LogP) is 1.61. The van der Waals surface area contributed by atoms with Gasteiger partial charge in [-0.1, -0.05) is 18.2 Å². The number of aliphatic carboxylic acids is 1. The van der Waals surface area contributed by atoms with Gasteiger partial charge in [-0.3, -0.25) is 9.59 Å². The molecule has 1 aliphatic carbocycles. The molecule has 144 valence electrons. The second kappa shape index (κ2) is 6.56. The molecule has 0 saturated heterocycles. The van der Waals surface area contributed by atoms with E-state index in [0.29, 0.717) is 37.4 Å². The van der Waals surface area contributed by atoms with E-state index in [1.807, 2.05) is 18.2 Å². The number of carbonyl (C=O) groups excluding carboxylic acids is 1. The standard InChI is InChI=1S/C20H23NO6/c1-26-14-3-2-12-11-21(16(23)4-5-17(24)25)9-8-20-7-6-13(22)10-15(20)27-19(14)18(12)20/h2-3,6-7,13,15,22H,4-5,8-11H2,1H3,(H,24,25)/t13-,15-,20-/m0/s1. The van der Waals surface area contributed by atoms with Gasteiger partial charge in [0.15, 0.2) is 11.5 Å². The predicted molar refractivity (Wildman–Crippen MR) is 95.8 cm³/mol. The molecule has 1 aromatic rings. The number of hydrogen-bond acceptors (Lipinski definition) is 5. The van der Waals surface area contributed by atoms with Crippen LogP contribution in [0.25, 0.3) is 0 Å². The Bertz CT molecular complexity index is 819. The fourth-order valence-corrected chi connectivity index (χ4v) is 4.52. The third-order valence-electron chi connectivity index (χ3n) is 5.86. The van der Waals surface area contributed by atoms with E-state index in [1.165, 1.54) is 0 Å². The van der Waals surface area contributed by atoms with Gasteiger partial charge in [0.2, 0.25) is 5.91 Å². The molecule has 0 bridgehead atoms. The van der Waals surface area contributed by atoms with E-state index in [9.17, 15) is 14.7 Å². The normalized spacial score (nSPS) is 28.0. The first-order chi connectivity index (χ1) is 12.9. The lowest BCUT2D eigenvalue weighted by Gasteiger charge is -2.35. The van der Waals surface area contributed by atoms with Gasteiger partial charge < -0.3 is 24.6 Å². The van der Waals surface area contributed by atoms with Crippen LogP contribution in [0.4, 0.5) is 0 Å². The quantitative estimate of drug-likeness (QED) is 0.779. The van der Waals surface area contributed by atoms with Crippen LogP contribution in [0.3, 0.4) is 0 Å². The number of carbonyl (C=O) groups is 2. The van der Waals surface area contributed by atoms with Crippen LogP contribution >= 0.6 is 0 Å². The Morgan fingerprint density at radius 2 is 2.19 bits per heavy atom. The number of benzene rings is 1. The second-order valence-corrected chi connectivity index (χ2v) is 7.40. The Kier molecular flexibility index (Phi) is 4.34. The smallest absolute Gasteiger partial charge is 0.303 e. The van der Waals surface area contributed by atoms with Crippen molar-refractivity contribution in [1.29, 1.82) is 0 Å². The number of rotatable bonds is 4. The third-order valence-corrected chi connectivity index (χ3v) is 5.86. The van der Waals surface area contributed by atoms with Gasteiger partial charge in [-0.05, 0) is 18.1 Å². The van der Waals surface area contributed by atoms with Crippen LogP contribution in [0.2, 0.25) is 0 Å². The van der Waals surface area contributed by atoms with Crippen molar-refractivity contribution in [2.75, 3.05) is 13.7 Å². The molecule has 27 heavy (non-hydrogen) atoms. The number of amides is 1. The zero-order valence-corrected chi connectivity index (χ0v) is 15.2. The summed E-state index contributed by atoms with van der Waals surface area (Å²) < 4.78 is 11.7. The van der Waals surface area contributed by atoms with Crippen molar-refractivity contribution >= 4 is 11.9 Å². The van der Waals surface area contributed by atoms with Crippen LogP contribution in [0.5, 0.6) is 11.5 Å². The number of aliphatic hydroxyl groups is 1. The molecule has 2 aliphatic heterocycles. The third kappa shape index (κ3) is 2.86. The van der Waals surface area contributed by atoms with Gasteiger partial charge in [0.1, 0.15) is 6.10 Å². The topological polar surface area (TPSA) is 96.3 Å². The van der Waals surface area contributed by atoms with Crippen LogP contribution in [0.1, 0.15) is 36.8 Å². The zero-order chi connectivity index (χ0) is 19.2. The fraction of sp³-hybridized carbons (Fsp3) is 0.500. The van der Waals surface area contributed by atoms with E-state index in [0.717, 1.165) is 11.1 Å². The molecular weight excluding hydrogens is 350 g/mol. The molecule has 3 aliphatic rings. The minimum Gasteiger partial charge on any atom is -0.493 e. The van der Waals surface area contributed by atoms with E-state index in [2.05, 4.69) is 0 Å². The Morgan fingerprint density at radius 3 is 2.93 bits per heavy atom. The molecule has 2 N–H and O–H groups in total. The Hall–Kier alpha value is -2.54. The average Bonchev–Trinajstić information content (AvgIpc) is 2.87. The molecule has 0 saturated carbocycles. The van der Waals surface area contributed by atoms with Crippen molar-refractivity contribution in [3.63, 3.8) is 0 Å². The maximum Gasteiger partial charge on any atom is 0.303 e. The summed E-state index contributed by atoms with van der Waals surface area (Å²) in [5, 5.41) is 18.9. The number of carboxylic acids is 1. The lowest BCUT2D eigenvalue weighted by atomic mass is 9.69. The Morgan fingerprint density at radius 1 is 1.37 bits per heavy atom. The average molecular weight is 373 g/mol. The molecule has 1 amide bonds. The maximum atomic E-state index is 12.6. The van der Waals surface area contributed by atoms with Crippen LogP contribution in [0.15, 0.2) is 24.3 Å². The van der Waals surface area contributed by atoms with E-state index in [4.69, 9.17) is 14.6 Å². The fourth-order valence-electron chi connectivity index (χ4n) is 4.52. The van der Waals surface area contributed by atoms with Crippen molar-refractivity contribution in [2.45, 2.75) is 49.9 Å². The SMILES string of the molecule is COc1ccc2c3c1O[C@H]1C[C@@H](O)C=C[C@@]31CCN(C(=O)CCC(=O)O)C2. The molecule has 0 aromatic heterocycles. The highest BCUT2D eigenvalue weighted by Crippen LogP contribution is 2.55. The van der Waals surface area contributed by atoms with E-state index >= 15 is 0 Å². The number of ether oxygens (including phenoxy) is 2. The maximum absolute atomic E-state index is 12.6. The van der Waals surface area contributed by atoms with Crippen LogP contribution in [-0.2, 0) is 21.5 Å². The number of nitrogens with zero attached hydrogens (tertiary/aromatic N) is 1. The van der Waals surface area contributed by atoms with Crippen molar-refractivity contribution < 1.29 is 29.3 Å². The molecule has 0 fully saturated rings. The summed E-state index contributed by atoms with van der Waals surface area (Å²) in [6.07, 6.45) is 4.03. The van der Waals surface area contributed by atoms with Crippen LogP contribution < -0.4 is 9.47 Å². The van der Waals surface area contributed by atoms with Crippen molar-refractivity contribution in [1.82, 2.24) is 4.90 Å². The molecular formula is C20H23NO6. The molecule has 7 nitrogen and oxygen atoms in total. The molecule has 0 unspecified atom stereocenters. The minimum atomic E-state index is -0.971. The Labute approximate surface area is 157 Å². The van der Waals surface area contributed by atoms with E-state index < -0.39 is 17.5 Å². The highest BCUT2D eigenvalue weighted by atomic mass is 16.5. The first-order valence-electron chi connectivity index (χ1n) is 9.18. The summed E-state index contributed by atoms with van der Waals surface area (Å²) in [5.41, 5.74) is 1.61. The van der Waals surface area contributed by atoms with Gasteiger partial charge in [0, 0.05) is 31.5 Å². The summed E-state index contributed by atoms with van der Waals surface area (Å²) >= 11 is 0. The molecule has 2 heterocycles. The molecule has 3 atom stereocenters. The van der Waals surface area contributed by atoms with Gasteiger partial charge in [0.25, 0.3) is 0 Å². The monoisotopic (exact) mass is 373 g/mol. The van der Waals surface area contributed by atoms with Crippen molar-refractivity contribution in [3.8, 4) is 11.5 Å². The highest BCUT2D eigenvalue weighted by molar-refractivity contribution is 5.81. The van der Waals surface area contributed by atoms with Gasteiger partial charge in [-0.2, -0.15) is 0 Å². The number of carboxylic acid groups (broad SMARTS) is 1. The lowest BCUT2D eigenvalue weighted by molar-refractivity contribution is -0.141. The number of hydrogen-bond donors (Lipinski definition) is 2. The van der Waals surface area contributed by atoms with Gasteiger partial charge in [-0.25, -0.2) is 0 Å². The van der Waals surface area contributed by atoms with Crippen molar-refractivity contribution in [2.24, 2.45) is 0 Å². The summed E-state index contributed by atoms with van der Waals surface area (Å²) in [4.78, 5) is 25.1. The number of methoxy groups -OCH3 is 1. The second-order valence-electron chi connectivity index (χ2n) is 7.40. The van der Waals surface area contributed by atoms with Crippen LogP contribution in [0, 0.1) is 0 Å². The minimum absolute atomic E-state index is 0.00480. The van der Waals surface area contributed by atoms with Crippen molar-refractivity contribution in [3.05, 3.63) is 35.4 Å². The van der Waals surface area contributed by atoms with E-state index in [-0.39, 0.29) is 24.9 Å². The molecule has 1 spiro atoms. The zero-order valence-electron chi connectivity index (χ0n) is 15.2.